The Labute approximate surface area is 64.3 Å². The first kappa shape index (κ1) is 6.37. The molecule has 1 atom stereocenters. The van der Waals surface area contributed by atoms with Crippen LogP contribution in [0.1, 0.15) is 0 Å². The highest BCUT2D eigenvalue weighted by Crippen LogP contribution is 2.30. The van der Waals surface area contributed by atoms with Crippen molar-refractivity contribution in [3.05, 3.63) is 12.4 Å². The van der Waals surface area contributed by atoms with E-state index in [2.05, 4.69) is 4.90 Å². The Hall–Kier alpha value is -0.350. The lowest BCUT2D eigenvalue weighted by Gasteiger charge is -2.23. The summed E-state index contributed by atoms with van der Waals surface area (Å²) in [6, 6.07) is 0. The summed E-state index contributed by atoms with van der Waals surface area (Å²) in [5.74, 6) is 1.17. The second-order valence-electron chi connectivity index (χ2n) is 2.39. The first-order chi connectivity index (χ1) is 4.92. The number of hydrogen-bond donors (Lipinski definition) is 1. The maximum absolute atomic E-state index is 8.85. The van der Waals surface area contributed by atoms with Crippen LogP contribution in [0, 0.1) is 0 Å². The summed E-state index contributed by atoms with van der Waals surface area (Å²) in [7, 11) is 0. The Morgan fingerprint density at radius 2 is 2.50 bits per heavy atom. The maximum atomic E-state index is 8.85. The van der Waals surface area contributed by atoms with Crippen LogP contribution in [0.15, 0.2) is 12.4 Å². The molecule has 4 heteroatoms. The van der Waals surface area contributed by atoms with Crippen LogP contribution >= 0.6 is 11.8 Å². The van der Waals surface area contributed by atoms with Crippen molar-refractivity contribution in [2.75, 3.05) is 19.0 Å². The van der Waals surface area contributed by atoms with E-state index in [4.69, 9.17) is 5.11 Å². The Morgan fingerprint density at radius 3 is 3.30 bits per heavy atom. The summed E-state index contributed by atoms with van der Waals surface area (Å²) in [5, 5.41) is 8.85. The van der Waals surface area contributed by atoms with Crippen LogP contribution in [-0.2, 0) is 0 Å². The van der Waals surface area contributed by atoms with Gasteiger partial charge in [-0.2, -0.15) is 0 Å². The normalized spacial score (nSPS) is 29.9. The minimum atomic E-state index is 0.130. The van der Waals surface area contributed by atoms with E-state index in [1.54, 1.807) is 0 Å². The van der Waals surface area contributed by atoms with E-state index in [1.165, 1.54) is 5.75 Å². The second-order valence-corrected chi connectivity index (χ2v) is 3.55. The summed E-state index contributed by atoms with van der Waals surface area (Å²) in [5.41, 5.74) is 0.380. The molecule has 1 N–H and O–H groups in total. The lowest BCUT2D eigenvalue weighted by Crippen LogP contribution is -2.31. The number of aliphatic hydroxyl groups is 1. The number of rotatable bonds is 1. The second kappa shape index (κ2) is 2.36. The van der Waals surface area contributed by atoms with E-state index in [1.807, 2.05) is 29.1 Å². The van der Waals surface area contributed by atoms with Crippen LogP contribution in [0.25, 0.3) is 0 Å². The van der Waals surface area contributed by atoms with Crippen LogP contribution in [0.5, 0.6) is 0 Å². The van der Waals surface area contributed by atoms with Gasteiger partial charge in [-0.3, -0.25) is 0 Å². The van der Waals surface area contributed by atoms with Crippen molar-refractivity contribution in [3.8, 4) is 0 Å². The standard InChI is InChI=1S/C6H10N2OS/c9-5-8-2-1-7-3-4-10-6(7)8/h1-2,6,9H,3-5H2. The first-order valence-electron chi connectivity index (χ1n) is 3.34. The average Bonchev–Trinajstić information content (AvgIpc) is 2.44. The lowest BCUT2D eigenvalue weighted by atomic mass is 10.6. The molecule has 2 aliphatic heterocycles. The van der Waals surface area contributed by atoms with Crippen molar-refractivity contribution in [2.24, 2.45) is 0 Å². The fourth-order valence-corrected chi connectivity index (χ4v) is 2.49. The number of nitrogens with zero attached hydrogens (tertiary/aromatic N) is 2. The molecule has 2 rings (SSSR count). The Balaban J connectivity index is 2.08. The molecular weight excluding hydrogens is 148 g/mol. The number of fused-ring (bicyclic) bond motifs is 1. The van der Waals surface area contributed by atoms with Crippen LogP contribution in [-0.4, -0.2) is 39.4 Å². The molecule has 10 heavy (non-hydrogen) atoms. The molecule has 1 unspecified atom stereocenters. The van der Waals surface area contributed by atoms with Gasteiger partial charge in [0.05, 0.1) is 0 Å². The predicted molar refractivity (Wildman–Crippen MR) is 41.0 cm³/mol. The highest BCUT2D eigenvalue weighted by atomic mass is 32.2. The van der Waals surface area contributed by atoms with Gasteiger partial charge in [0.2, 0.25) is 0 Å². The van der Waals surface area contributed by atoms with Gasteiger partial charge in [-0.1, -0.05) is 0 Å². The molecule has 56 valence electrons. The summed E-state index contributed by atoms with van der Waals surface area (Å²) in [4.78, 5) is 4.17. The number of hydrogen-bond acceptors (Lipinski definition) is 4. The van der Waals surface area contributed by atoms with Gasteiger partial charge in [-0.15, -0.1) is 11.8 Å². The Kier molecular flexibility index (Phi) is 1.50. The molecule has 1 saturated heterocycles. The third kappa shape index (κ3) is 0.793. The average molecular weight is 158 g/mol. The van der Waals surface area contributed by atoms with Crippen molar-refractivity contribution in [2.45, 2.75) is 5.50 Å². The molecule has 2 heterocycles. The highest BCUT2D eigenvalue weighted by Gasteiger charge is 2.30. The lowest BCUT2D eigenvalue weighted by molar-refractivity contribution is 0.118. The molecule has 0 radical (unpaired) electrons. The molecule has 0 saturated carbocycles. The quantitative estimate of drug-likeness (QED) is 0.583. The third-order valence-electron chi connectivity index (χ3n) is 1.80. The smallest absolute Gasteiger partial charge is 0.151 e. The third-order valence-corrected chi connectivity index (χ3v) is 3.05. The fourth-order valence-electron chi connectivity index (χ4n) is 1.27. The SMILES string of the molecule is OCN1C=CN2CCSC12. The van der Waals surface area contributed by atoms with Gasteiger partial charge in [0.25, 0.3) is 0 Å². The Morgan fingerprint density at radius 1 is 1.60 bits per heavy atom. The van der Waals surface area contributed by atoms with Crippen LogP contribution in [0.2, 0.25) is 0 Å². The fraction of sp³-hybridized carbons (Fsp3) is 0.667. The van der Waals surface area contributed by atoms with Crippen LogP contribution in [0.3, 0.4) is 0 Å². The zero-order valence-electron chi connectivity index (χ0n) is 5.60. The topological polar surface area (TPSA) is 26.7 Å². The molecule has 0 amide bonds. The Bertz CT molecular complexity index is 162. The van der Waals surface area contributed by atoms with E-state index >= 15 is 0 Å². The van der Waals surface area contributed by atoms with E-state index in [0.29, 0.717) is 5.50 Å². The summed E-state index contributed by atoms with van der Waals surface area (Å²) < 4.78 is 0. The van der Waals surface area contributed by atoms with Crippen molar-refractivity contribution in [1.29, 1.82) is 0 Å². The van der Waals surface area contributed by atoms with Crippen molar-refractivity contribution in [1.82, 2.24) is 9.80 Å². The molecule has 1 fully saturated rings. The van der Waals surface area contributed by atoms with E-state index < -0.39 is 0 Å². The first-order valence-corrected chi connectivity index (χ1v) is 4.39. The van der Waals surface area contributed by atoms with Gasteiger partial charge in [-0.25, -0.2) is 0 Å². The van der Waals surface area contributed by atoms with Crippen molar-refractivity contribution in [3.63, 3.8) is 0 Å². The molecule has 0 aromatic rings. The molecular formula is C6H10N2OS. The summed E-state index contributed by atoms with van der Waals surface area (Å²) in [6.45, 7) is 1.24. The minimum absolute atomic E-state index is 0.130. The van der Waals surface area contributed by atoms with Gasteiger partial charge in [0.15, 0.2) is 5.50 Å². The van der Waals surface area contributed by atoms with Crippen molar-refractivity contribution < 1.29 is 5.11 Å². The maximum Gasteiger partial charge on any atom is 0.151 e. The van der Waals surface area contributed by atoms with Crippen LogP contribution < -0.4 is 0 Å². The van der Waals surface area contributed by atoms with Gasteiger partial charge in [-0.05, 0) is 0 Å². The van der Waals surface area contributed by atoms with E-state index in [-0.39, 0.29) is 6.73 Å². The molecule has 0 aliphatic carbocycles. The molecule has 0 aromatic heterocycles. The van der Waals surface area contributed by atoms with E-state index in [0.717, 1.165) is 6.54 Å². The molecule has 0 bridgehead atoms. The monoisotopic (exact) mass is 158 g/mol. The zero-order chi connectivity index (χ0) is 6.97. The molecule has 0 spiro atoms. The highest BCUT2D eigenvalue weighted by molar-refractivity contribution is 8.00. The van der Waals surface area contributed by atoms with Gasteiger partial charge >= 0.3 is 0 Å². The molecule has 2 aliphatic rings. The van der Waals surface area contributed by atoms with E-state index in [9.17, 15) is 0 Å². The van der Waals surface area contributed by atoms with Crippen molar-refractivity contribution >= 4 is 11.8 Å². The van der Waals surface area contributed by atoms with Gasteiger partial charge in [0, 0.05) is 24.7 Å². The molecule has 3 nitrogen and oxygen atoms in total. The minimum Gasteiger partial charge on any atom is -0.376 e. The van der Waals surface area contributed by atoms with Gasteiger partial charge in [0.1, 0.15) is 6.73 Å². The van der Waals surface area contributed by atoms with Crippen LogP contribution in [0.4, 0.5) is 0 Å². The van der Waals surface area contributed by atoms with Gasteiger partial charge < -0.3 is 14.9 Å². The zero-order valence-corrected chi connectivity index (χ0v) is 6.42. The molecule has 0 aromatic carbocycles. The number of thioether (sulfide) groups is 1. The predicted octanol–water partition coefficient (Wildman–Crippen LogP) is 0.0554. The summed E-state index contributed by atoms with van der Waals surface area (Å²) >= 11 is 1.87. The largest absolute Gasteiger partial charge is 0.376 e. The number of aliphatic hydroxyl groups excluding tert-OH is 1. The summed E-state index contributed by atoms with van der Waals surface area (Å²) in [6.07, 6.45) is 3.98.